The second-order valence-corrected chi connectivity index (χ2v) is 10.4. The van der Waals surface area contributed by atoms with E-state index in [-0.39, 0.29) is 12.5 Å². The summed E-state index contributed by atoms with van der Waals surface area (Å²) in [4.78, 5) is 53.6. The van der Waals surface area contributed by atoms with Crippen molar-refractivity contribution in [3.05, 3.63) is 29.3 Å². The maximum atomic E-state index is 13.5. The van der Waals surface area contributed by atoms with Crippen LogP contribution in [0.4, 0.5) is 10.5 Å². The molecule has 3 rings (SSSR count). The fourth-order valence-corrected chi connectivity index (χ4v) is 4.38. The molecule has 3 amide bonds. The van der Waals surface area contributed by atoms with Gasteiger partial charge in [-0.15, -0.1) is 0 Å². The van der Waals surface area contributed by atoms with Gasteiger partial charge in [-0.3, -0.25) is 14.4 Å². The number of ether oxygens (including phenoxy) is 1. The number of nitrogens with one attached hydrogen (secondary N) is 1. The van der Waals surface area contributed by atoms with E-state index < -0.39 is 41.4 Å². The molecule has 3 N–H and O–H groups in total. The minimum Gasteiger partial charge on any atom is -0.444 e. The Balaban J connectivity index is 1.83. The lowest BCUT2D eigenvalue weighted by atomic mass is 9.80. The van der Waals surface area contributed by atoms with Crippen molar-refractivity contribution < 1.29 is 23.9 Å². The Morgan fingerprint density at radius 2 is 1.91 bits per heavy atom. The third-order valence-electron chi connectivity index (χ3n) is 6.14. The monoisotopic (exact) mass is 492 g/mol. The zero-order valence-corrected chi connectivity index (χ0v) is 20.6. The summed E-state index contributed by atoms with van der Waals surface area (Å²) >= 11 is 6.18. The van der Waals surface area contributed by atoms with Crippen molar-refractivity contribution >= 4 is 41.0 Å². The fourth-order valence-electron chi connectivity index (χ4n) is 4.20. The summed E-state index contributed by atoms with van der Waals surface area (Å²) in [5.74, 6) is -2.08. The van der Waals surface area contributed by atoms with Crippen molar-refractivity contribution in [2.24, 2.45) is 11.7 Å². The van der Waals surface area contributed by atoms with E-state index in [1.165, 1.54) is 4.90 Å². The number of hydrogen-bond donors (Lipinski definition) is 2. The molecule has 0 radical (unpaired) electrons. The SMILES string of the molecule is CC(C)(C)OC(=O)N1CCN(c2cccc(Cl)c2)[C@@H](C(=O)NC(CC2CCC2)C(=O)C(N)=O)C1. The second-order valence-electron chi connectivity index (χ2n) is 9.94. The number of halogens is 1. The molecule has 34 heavy (non-hydrogen) atoms. The summed E-state index contributed by atoms with van der Waals surface area (Å²) in [5.41, 5.74) is 5.28. The minimum absolute atomic E-state index is 0.0498. The number of carbonyl (C=O) groups is 4. The summed E-state index contributed by atoms with van der Waals surface area (Å²) in [7, 11) is 0. The smallest absolute Gasteiger partial charge is 0.410 e. The van der Waals surface area contributed by atoms with Crippen molar-refractivity contribution in [3.63, 3.8) is 0 Å². The summed E-state index contributed by atoms with van der Waals surface area (Å²) in [6, 6.07) is 5.28. The molecule has 2 atom stereocenters. The number of rotatable bonds is 7. The van der Waals surface area contributed by atoms with Crippen molar-refractivity contribution in [2.45, 2.75) is 64.1 Å². The quantitative estimate of drug-likeness (QED) is 0.564. The average molecular weight is 493 g/mol. The highest BCUT2D eigenvalue weighted by Gasteiger charge is 2.39. The van der Waals surface area contributed by atoms with Gasteiger partial charge in [-0.2, -0.15) is 0 Å². The van der Waals surface area contributed by atoms with Crippen molar-refractivity contribution in [2.75, 3.05) is 24.5 Å². The van der Waals surface area contributed by atoms with E-state index >= 15 is 0 Å². The Morgan fingerprint density at radius 1 is 1.21 bits per heavy atom. The van der Waals surface area contributed by atoms with E-state index in [4.69, 9.17) is 22.1 Å². The van der Waals surface area contributed by atoms with Gasteiger partial charge in [-0.25, -0.2) is 4.79 Å². The van der Waals surface area contributed by atoms with Crippen LogP contribution < -0.4 is 16.0 Å². The largest absolute Gasteiger partial charge is 0.444 e. The van der Waals surface area contributed by atoms with Gasteiger partial charge in [0.25, 0.3) is 5.91 Å². The number of carbonyl (C=O) groups excluding carboxylic acids is 4. The van der Waals surface area contributed by atoms with Crippen LogP contribution >= 0.6 is 11.6 Å². The predicted octanol–water partition coefficient (Wildman–Crippen LogP) is 2.50. The van der Waals surface area contributed by atoms with Gasteiger partial charge >= 0.3 is 6.09 Å². The number of primary amides is 1. The maximum Gasteiger partial charge on any atom is 0.410 e. The molecule has 2 fully saturated rings. The van der Waals surface area contributed by atoms with Crippen LogP contribution in [0.3, 0.4) is 0 Å². The van der Waals surface area contributed by atoms with Crippen molar-refractivity contribution in [1.29, 1.82) is 0 Å². The topological polar surface area (TPSA) is 122 Å². The van der Waals surface area contributed by atoms with Gasteiger partial charge in [0.05, 0.1) is 12.6 Å². The van der Waals surface area contributed by atoms with E-state index in [1.54, 1.807) is 39.0 Å². The molecule has 1 heterocycles. The molecule has 1 aliphatic carbocycles. The van der Waals surface area contributed by atoms with E-state index in [1.807, 2.05) is 11.0 Å². The van der Waals surface area contributed by atoms with Gasteiger partial charge in [0.1, 0.15) is 11.6 Å². The zero-order chi connectivity index (χ0) is 25.0. The van der Waals surface area contributed by atoms with Crippen LogP contribution in [0.25, 0.3) is 0 Å². The average Bonchev–Trinajstić information content (AvgIpc) is 2.73. The zero-order valence-electron chi connectivity index (χ0n) is 19.9. The highest BCUT2D eigenvalue weighted by Crippen LogP contribution is 2.31. The first-order valence-electron chi connectivity index (χ1n) is 11.6. The third-order valence-corrected chi connectivity index (χ3v) is 6.38. The molecule has 0 bridgehead atoms. The molecule has 1 aromatic rings. The van der Waals surface area contributed by atoms with Gasteiger partial charge in [0.2, 0.25) is 11.7 Å². The highest BCUT2D eigenvalue weighted by atomic mass is 35.5. The number of anilines is 1. The Bertz CT molecular complexity index is 944. The molecule has 0 spiro atoms. The molecule has 10 heteroatoms. The summed E-state index contributed by atoms with van der Waals surface area (Å²) in [6.07, 6.45) is 2.81. The van der Waals surface area contributed by atoms with E-state index in [0.717, 1.165) is 19.3 Å². The molecule has 1 saturated carbocycles. The number of benzene rings is 1. The number of nitrogens with zero attached hydrogens (tertiary/aromatic N) is 2. The summed E-state index contributed by atoms with van der Waals surface area (Å²) < 4.78 is 5.49. The molecular formula is C24H33ClN4O5. The number of amides is 3. The Labute approximate surface area is 204 Å². The van der Waals surface area contributed by atoms with Gasteiger partial charge in [0, 0.05) is 23.8 Å². The Morgan fingerprint density at radius 3 is 2.47 bits per heavy atom. The fraction of sp³-hybridized carbons (Fsp3) is 0.583. The van der Waals surface area contributed by atoms with Gasteiger partial charge in [-0.05, 0) is 51.3 Å². The van der Waals surface area contributed by atoms with Crippen LogP contribution in [0.15, 0.2) is 24.3 Å². The molecule has 9 nitrogen and oxygen atoms in total. The van der Waals surface area contributed by atoms with Gasteiger partial charge in [0.15, 0.2) is 0 Å². The van der Waals surface area contributed by atoms with E-state index in [2.05, 4.69) is 5.32 Å². The Kier molecular flexibility index (Phi) is 8.07. The maximum absolute atomic E-state index is 13.5. The summed E-state index contributed by atoms with van der Waals surface area (Å²) in [6.45, 7) is 6.08. The number of ketones is 1. The van der Waals surface area contributed by atoms with Crippen LogP contribution in [0.2, 0.25) is 5.02 Å². The van der Waals surface area contributed by atoms with Crippen LogP contribution in [-0.4, -0.2) is 65.9 Å². The number of piperazine rings is 1. The lowest BCUT2D eigenvalue weighted by molar-refractivity contribution is -0.139. The molecule has 0 aromatic heterocycles. The van der Waals surface area contributed by atoms with E-state index in [9.17, 15) is 19.2 Å². The normalized spacial score (nSPS) is 19.7. The van der Waals surface area contributed by atoms with Crippen LogP contribution in [0.1, 0.15) is 46.5 Å². The third kappa shape index (κ3) is 6.62. The molecule has 2 aliphatic rings. The highest BCUT2D eigenvalue weighted by molar-refractivity contribution is 6.37. The number of hydrogen-bond acceptors (Lipinski definition) is 6. The first-order chi connectivity index (χ1) is 15.9. The van der Waals surface area contributed by atoms with Gasteiger partial charge < -0.3 is 25.6 Å². The molecular weight excluding hydrogens is 460 g/mol. The van der Waals surface area contributed by atoms with E-state index in [0.29, 0.717) is 30.2 Å². The number of Topliss-reactive ketones (excluding diaryl/α,β-unsaturated/α-hetero) is 1. The molecule has 186 valence electrons. The first kappa shape index (κ1) is 25.8. The minimum atomic E-state index is -1.07. The standard InChI is InChI=1S/C24H33ClN4O5/c1-24(2,3)34-23(33)28-10-11-29(17-9-5-8-16(25)13-17)19(14-28)22(32)27-18(20(30)21(26)31)12-15-6-4-7-15/h5,8-9,13,15,18-19H,4,6-7,10-12,14H2,1-3H3,(H2,26,31)(H,27,32)/t18?,19-/m1/s1. The van der Waals surface area contributed by atoms with Crippen molar-refractivity contribution in [3.8, 4) is 0 Å². The predicted molar refractivity (Wildman–Crippen MR) is 128 cm³/mol. The lowest BCUT2D eigenvalue weighted by Crippen LogP contribution is -2.62. The van der Waals surface area contributed by atoms with Crippen LogP contribution in [0, 0.1) is 5.92 Å². The molecule has 1 unspecified atom stereocenters. The molecule has 1 aromatic carbocycles. The van der Waals surface area contributed by atoms with Gasteiger partial charge in [-0.1, -0.05) is 36.9 Å². The van der Waals surface area contributed by atoms with Crippen LogP contribution in [0.5, 0.6) is 0 Å². The second kappa shape index (κ2) is 10.6. The molecule has 1 saturated heterocycles. The van der Waals surface area contributed by atoms with Crippen LogP contribution in [-0.2, 0) is 19.1 Å². The number of nitrogens with two attached hydrogens (primary N) is 1. The summed E-state index contributed by atoms with van der Waals surface area (Å²) in [5, 5.41) is 3.26. The van der Waals surface area contributed by atoms with Crippen molar-refractivity contribution in [1.82, 2.24) is 10.2 Å². The lowest BCUT2D eigenvalue weighted by Gasteiger charge is -2.42. The Hall–Kier alpha value is -2.81. The molecule has 1 aliphatic heterocycles. The first-order valence-corrected chi connectivity index (χ1v) is 12.0.